The van der Waals surface area contributed by atoms with Crippen LogP contribution in [0.5, 0.6) is 0 Å². The van der Waals surface area contributed by atoms with E-state index in [2.05, 4.69) is 0 Å². The Hall–Kier alpha value is 0.952. The first-order valence-corrected chi connectivity index (χ1v) is 2.74. The van der Waals surface area contributed by atoms with Crippen molar-refractivity contribution in [3.63, 3.8) is 0 Å². The van der Waals surface area contributed by atoms with Crippen LogP contribution in [0, 0.1) is 0 Å². The number of nitrogens with two attached hydrogens (primary N) is 1. The van der Waals surface area contributed by atoms with Crippen molar-refractivity contribution in [2.24, 2.45) is 5.73 Å². The van der Waals surface area contributed by atoms with Gasteiger partial charge in [0.25, 0.3) is 0 Å². The number of carboxylic acids is 2. The summed E-state index contributed by atoms with van der Waals surface area (Å²) in [6.45, 7) is 0. The van der Waals surface area contributed by atoms with E-state index in [-0.39, 0.29) is 81.7 Å². The van der Waals surface area contributed by atoms with Gasteiger partial charge in [0.15, 0.2) is 0 Å². The maximum atomic E-state index is 9.99. The molecule has 0 aliphatic heterocycles. The van der Waals surface area contributed by atoms with E-state index in [0.717, 1.165) is 0 Å². The fourth-order valence-electron chi connectivity index (χ4n) is 0.402. The van der Waals surface area contributed by atoms with Crippen LogP contribution in [0.15, 0.2) is 0 Å². The first-order valence-electron chi connectivity index (χ1n) is 2.74. The molecule has 0 saturated carbocycles. The fraction of sp³-hybridized carbons (Fsp3) is 0.600. The van der Waals surface area contributed by atoms with Crippen LogP contribution in [0.1, 0.15) is 12.8 Å². The van der Waals surface area contributed by atoms with E-state index in [1.165, 1.54) is 0 Å². The molecule has 0 aromatic rings. The molecule has 4 N–H and O–H groups in total. The van der Waals surface area contributed by atoms with Crippen molar-refractivity contribution in [3.05, 3.63) is 0 Å². The fourth-order valence-corrected chi connectivity index (χ4v) is 0.402. The molecule has 1 atom stereocenters. The second-order valence-corrected chi connectivity index (χ2v) is 1.88. The average molecular weight is 281 g/mol. The number of carbonyl (C=O) groups is 2. The maximum absolute atomic E-state index is 9.99. The minimum atomic E-state index is -1.17. The number of hydrogen-bond donors (Lipinski definition) is 3. The third-order valence-corrected chi connectivity index (χ3v) is 0.986. The molecule has 0 fully saturated rings. The Morgan fingerprint density at radius 1 is 1.36 bits per heavy atom. The number of hydrogen-bond acceptors (Lipinski definition) is 3. The zero-order valence-electron chi connectivity index (χ0n) is 5.28. The van der Waals surface area contributed by atoms with Crippen molar-refractivity contribution >= 4 is 80.8 Å². The molecule has 0 aliphatic rings. The summed E-state index contributed by atoms with van der Waals surface area (Å²) in [5, 5.41) is 16.3. The van der Waals surface area contributed by atoms with Gasteiger partial charge in [-0.3, -0.25) is 9.59 Å². The molecule has 0 saturated heterocycles. The molecule has 11 heavy (non-hydrogen) atoms. The molecular weight excluding hydrogens is 271 g/mol. The van der Waals surface area contributed by atoms with Gasteiger partial charge in [-0.05, 0) is 6.42 Å². The Kier molecular flexibility index (Phi) is 9.99. The van der Waals surface area contributed by atoms with Gasteiger partial charge < -0.3 is 15.9 Å². The molecule has 0 unspecified atom stereocenters. The standard InChI is InChI=1S/C5H9NO4.Cs.H/c6-3(5(9)10)1-2-4(7)8;;/h3H,1-2,6H2,(H,7,8)(H,9,10);;/t3-;;/m0../s1. The van der Waals surface area contributed by atoms with E-state index in [0.29, 0.717) is 0 Å². The molecule has 0 aromatic carbocycles. The summed E-state index contributed by atoms with van der Waals surface area (Å²) in [7, 11) is 0. The van der Waals surface area contributed by atoms with Crippen LogP contribution in [0.3, 0.4) is 0 Å². The summed E-state index contributed by atoms with van der Waals surface area (Å²) in [5.74, 6) is -2.20. The van der Waals surface area contributed by atoms with Crippen LogP contribution in [0.2, 0.25) is 0 Å². The van der Waals surface area contributed by atoms with Gasteiger partial charge in [0.1, 0.15) is 6.04 Å². The topological polar surface area (TPSA) is 101 Å². The van der Waals surface area contributed by atoms with Gasteiger partial charge >= 0.3 is 80.8 Å². The van der Waals surface area contributed by atoms with Crippen LogP contribution < -0.4 is 5.73 Å². The predicted molar refractivity (Wildman–Crippen MR) is 39.6 cm³/mol. The van der Waals surface area contributed by atoms with Crippen LogP contribution in [-0.4, -0.2) is 97.1 Å². The predicted octanol–water partition coefficient (Wildman–Crippen LogP) is -1.39. The molecule has 0 heterocycles. The van der Waals surface area contributed by atoms with Gasteiger partial charge in [0.05, 0.1) is 0 Å². The van der Waals surface area contributed by atoms with Gasteiger partial charge in [-0.15, -0.1) is 0 Å². The molecule has 5 nitrogen and oxygen atoms in total. The zero-order valence-corrected chi connectivity index (χ0v) is 5.28. The second kappa shape index (κ2) is 7.59. The van der Waals surface area contributed by atoms with Crippen LogP contribution in [-0.2, 0) is 9.59 Å². The molecule has 0 radical (unpaired) electrons. The third-order valence-electron chi connectivity index (χ3n) is 0.986. The summed E-state index contributed by atoms with van der Waals surface area (Å²) in [6.07, 6.45) is -0.224. The Morgan fingerprint density at radius 3 is 2.09 bits per heavy atom. The van der Waals surface area contributed by atoms with Gasteiger partial charge in [-0.2, -0.15) is 0 Å². The molecule has 0 bridgehead atoms. The van der Waals surface area contributed by atoms with Crippen molar-refractivity contribution in [3.8, 4) is 0 Å². The molecule has 6 heteroatoms. The molecule has 0 aromatic heterocycles. The van der Waals surface area contributed by atoms with Crippen LogP contribution >= 0.6 is 0 Å². The monoisotopic (exact) mass is 281 g/mol. The van der Waals surface area contributed by atoms with E-state index < -0.39 is 18.0 Å². The van der Waals surface area contributed by atoms with Crippen molar-refractivity contribution in [1.82, 2.24) is 0 Å². The molecular formula is C5H10CsNO4. The first-order chi connectivity index (χ1) is 4.54. The normalized spacial score (nSPS) is 11.4. The Morgan fingerprint density at radius 2 is 1.82 bits per heavy atom. The zero-order chi connectivity index (χ0) is 8.15. The van der Waals surface area contributed by atoms with E-state index >= 15 is 0 Å². The SMILES string of the molecule is N[C@@H](CCC(=O)O)C(=O)O.[CsH]. The average Bonchev–Trinajstić information content (AvgIpc) is 1.82. The van der Waals surface area contributed by atoms with E-state index in [1.54, 1.807) is 0 Å². The van der Waals surface area contributed by atoms with E-state index in [9.17, 15) is 9.59 Å². The van der Waals surface area contributed by atoms with Crippen LogP contribution in [0.25, 0.3) is 0 Å². The van der Waals surface area contributed by atoms with Gasteiger partial charge in [0, 0.05) is 6.42 Å². The number of rotatable bonds is 4. The van der Waals surface area contributed by atoms with Gasteiger partial charge in [-0.1, -0.05) is 0 Å². The second-order valence-electron chi connectivity index (χ2n) is 1.88. The van der Waals surface area contributed by atoms with Crippen molar-refractivity contribution in [2.45, 2.75) is 18.9 Å². The minimum absolute atomic E-state index is 0. The van der Waals surface area contributed by atoms with Crippen molar-refractivity contribution < 1.29 is 19.8 Å². The molecule has 60 valence electrons. The molecule has 0 rings (SSSR count). The summed E-state index contributed by atoms with van der Waals surface area (Å²) in [6, 6.07) is -1.06. The third kappa shape index (κ3) is 8.86. The number of carboxylic acid groups (broad SMARTS) is 2. The first kappa shape index (κ1) is 14.5. The summed E-state index contributed by atoms with van der Waals surface area (Å²) in [4.78, 5) is 19.9. The van der Waals surface area contributed by atoms with Crippen molar-refractivity contribution in [2.75, 3.05) is 0 Å². The summed E-state index contributed by atoms with van der Waals surface area (Å²) in [5.41, 5.74) is 5.00. The van der Waals surface area contributed by atoms with E-state index in [1.807, 2.05) is 0 Å². The molecule has 0 amide bonds. The van der Waals surface area contributed by atoms with E-state index in [4.69, 9.17) is 15.9 Å². The quantitative estimate of drug-likeness (QED) is 0.589. The van der Waals surface area contributed by atoms with Crippen molar-refractivity contribution in [1.29, 1.82) is 0 Å². The Bertz CT molecular complexity index is 149. The Labute approximate surface area is 123 Å². The summed E-state index contributed by atoms with van der Waals surface area (Å²) >= 11 is 0. The van der Waals surface area contributed by atoms with Gasteiger partial charge in [0.2, 0.25) is 0 Å². The van der Waals surface area contributed by atoms with Gasteiger partial charge in [-0.25, -0.2) is 0 Å². The molecule has 0 aliphatic carbocycles. The Balaban J connectivity index is 0. The summed E-state index contributed by atoms with van der Waals surface area (Å²) < 4.78 is 0. The van der Waals surface area contributed by atoms with Crippen LogP contribution in [0.4, 0.5) is 0 Å². The number of aliphatic carboxylic acids is 2. The molecule has 0 spiro atoms.